The van der Waals surface area contributed by atoms with Gasteiger partial charge < -0.3 is 5.32 Å². The lowest BCUT2D eigenvalue weighted by atomic mass is 9.81. The fraction of sp³-hybridized carbons (Fsp3) is 0.667. The van der Waals surface area contributed by atoms with Crippen LogP contribution in [0.4, 0.5) is 5.82 Å². The Morgan fingerprint density at radius 2 is 2.06 bits per heavy atom. The van der Waals surface area contributed by atoms with E-state index in [1.807, 2.05) is 6.92 Å². The zero-order valence-corrected chi connectivity index (χ0v) is 11.4. The van der Waals surface area contributed by atoms with Gasteiger partial charge in [0, 0.05) is 18.3 Å². The maximum absolute atomic E-state index is 5.77. The van der Waals surface area contributed by atoms with E-state index in [-0.39, 0.29) is 10.7 Å². The Kier molecular flexibility index (Phi) is 4.14. The first kappa shape index (κ1) is 13.2. The summed E-state index contributed by atoms with van der Waals surface area (Å²) in [7, 11) is 0. The van der Waals surface area contributed by atoms with Crippen LogP contribution in [0.2, 0.25) is 5.28 Å². The lowest BCUT2D eigenvalue weighted by molar-refractivity contribution is 0.269. The van der Waals surface area contributed by atoms with Crippen LogP contribution < -0.4 is 5.32 Å². The Morgan fingerprint density at radius 3 is 2.62 bits per heavy atom. The second kappa shape index (κ2) is 5.00. The number of anilines is 1. The number of halogens is 1. The number of hydrogen-bond acceptors (Lipinski definition) is 3. The molecule has 3 nitrogen and oxygen atoms in total. The number of nitrogens with one attached hydrogen (secondary N) is 1. The lowest BCUT2D eigenvalue weighted by Gasteiger charge is -2.29. The normalized spacial score (nSPS) is 11.9. The van der Waals surface area contributed by atoms with Crippen LogP contribution in [0.25, 0.3) is 0 Å². The van der Waals surface area contributed by atoms with Gasteiger partial charge in [-0.15, -0.1) is 0 Å². The highest BCUT2D eigenvalue weighted by molar-refractivity contribution is 6.28. The third kappa shape index (κ3) is 3.34. The number of aromatic nitrogens is 2. The number of rotatable bonds is 4. The molecule has 0 aliphatic heterocycles. The van der Waals surface area contributed by atoms with Crippen molar-refractivity contribution >= 4 is 17.4 Å². The largest absolute Gasteiger partial charge is 0.369 e. The number of nitrogens with zero attached hydrogens (tertiary/aromatic N) is 2. The van der Waals surface area contributed by atoms with Gasteiger partial charge in [0.2, 0.25) is 5.28 Å². The SMILES string of the molecule is Cc1cnc(Cl)nc1NCC(C)(C)C(C)C. The third-order valence-electron chi connectivity index (χ3n) is 3.22. The maximum Gasteiger partial charge on any atom is 0.224 e. The first-order valence-corrected chi connectivity index (χ1v) is 5.94. The summed E-state index contributed by atoms with van der Waals surface area (Å²) in [5, 5.41) is 3.63. The van der Waals surface area contributed by atoms with Crippen LogP contribution in [-0.4, -0.2) is 16.5 Å². The summed E-state index contributed by atoms with van der Waals surface area (Å²) in [5.74, 6) is 1.44. The second-order valence-electron chi connectivity index (χ2n) is 5.17. The van der Waals surface area contributed by atoms with Crippen LogP contribution in [0, 0.1) is 18.3 Å². The molecule has 16 heavy (non-hydrogen) atoms. The van der Waals surface area contributed by atoms with Crippen molar-refractivity contribution in [2.75, 3.05) is 11.9 Å². The van der Waals surface area contributed by atoms with Crippen LogP contribution in [0.1, 0.15) is 33.3 Å². The highest BCUT2D eigenvalue weighted by Crippen LogP contribution is 2.26. The van der Waals surface area contributed by atoms with Crippen molar-refractivity contribution in [1.82, 2.24) is 9.97 Å². The van der Waals surface area contributed by atoms with Gasteiger partial charge in [0.05, 0.1) is 0 Å². The minimum atomic E-state index is 0.226. The molecule has 0 spiro atoms. The Hall–Kier alpha value is -0.830. The highest BCUT2D eigenvalue weighted by Gasteiger charge is 2.22. The van der Waals surface area contributed by atoms with Crippen molar-refractivity contribution < 1.29 is 0 Å². The number of aryl methyl sites for hydroxylation is 1. The summed E-state index contributed by atoms with van der Waals surface area (Å²) >= 11 is 5.77. The van der Waals surface area contributed by atoms with Crippen molar-refractivity contribution in [3.63, 3.8) is 0 Å². The van der Waals surface area contributed by atoms with Gasteiger partial charge in [0.15, 0.2) is 0 Å². The Morgan fingerprint density at radius 1 is 1.44 bits per heavy atom. The van der Waals surface area contributed by atoms with E-state index in [2.05, 4.69) is 43.0 Å². The molecule has 1 heterocycles. The van der Waals surface area contributed by atoms with Crippen molar-refractivity contribution in [3.8, 4) is 0 Å². The quantitative estimate of drug-likeness (QED) is 0.820. The molecule has 1 rings (SSSR count). The molecule has 0 amide bonds. The summed E-state index contributed by atoms with van der Waals surface area (Å²) in [6.07, 6.45) is 1.74. The summed E-state index contributed by atoms with van der Waals surface area (Å²) in [4.78, 5) is 8.11. The molecule has 0 fully saturated rings. The van der Waals surface area contributed by atoms with E-state index >= 15 is 0 Å². The molecular formula is C12H20ClN3. The molecular weight excluding hydrogens is 222 g/mol. The molecule has 0 unspecified atom stereocenters. The first-order valence-electron chi connectivity index (χ1n) is 5.56. The molecule has 0 saturated carbocycles. The average Bonchev–Trinajstić information content (AvgIpc) is 2.19. The Balaban J connectivity index is 2.71. The van der Waals surface area contributed by atoms with Crippen LogP contribution in [0.5, 0.6) is 0 Å². The molecule has 0 radical (unpaired) electrons. The molecule has 0 saturated heterocycles. The van der Waals surface area contributed by atoms with Gasteiger partial charge in [-0.25, -0.2) is 9.97 Å². The predicted octanol–water partition coefficient (Wildman–Crippen LogP) is 3.53. The summed E-state index contributed by atoms with van der Waals surface area (Å²) in [6.45, 7) is 11.8. The van der Waals surface area contributed by atoms with Crippen molar-refractivity contribution in [3.05, 3.63) is 17.0 Å². The van der Waals surface area contributed by atoms with Crippen LogP contribution in [-0.2, 0) is 0 Å². The molecule has 4 heteroatoms. The fourth-order valence-electron chi connectivity index (χ4n) is 1.12. The van der Waals surface area contributed by atoms with Crippen molar-refractivity contribution in [1.29, 1.82) is 0 Å². The van der Waals surface area contributed by atoms with E-state index in [1.165, 1.54) is 0 Å². The maximum atomic E-state index is 5.77. The van der Waals surface area contributed by atoms with Gasteiger partial charge in [-0.2, -0.15) is 0 Å². The minimum Gasteiger partial charge on any atom is -0.369 e. The molecule has 1 aromatic rings. The zero-order chi connectivity index (χ0) is 12.3. The van der Waals surface area contributed by atoms with E-state index < -0.39 is 0 Å². The van der Waals surface area contributed by atoms with Crippen LogP contribution in [0.15, 0.2) is 6.20 Å². The summed E-state index contributed by atoms with van der Waals surface area (Å²) < 4.78 is 0. The monoisotopic (exact) mass is 241 g/mol. The molecule has 0 bridgehead atoms. The minimum absolute atomic E-state index is 0.226. The molecule has 0 atom stereocenters. The Labute approximate surface area is 103 Å². The summed E-state index contributed by atoms with van der Waals surface area (Å²) in [6, 6.07) is 0. The molecule has 0 aliphatic carbocycles. The smallest absolute Gasteiger partial charge is 0.224 e. The van der Waals surface area contributed by atoms with Gasteiger partial charge in [-0.05, 0) is 29.9 Å². The van der Waals surface area contributed by atoms with Gasteiger partial charge >= 0.3 is 0 Å². The van der Waals surface area contributed by atoms with Gasteiger partial charge in [-0.1, -0.05) is 27.7 Å². The fourth-order valence-corrected chi connectivity index (χ4v) is 1.25. The number of hydrogen-bond donors (Lipinski definition) is 1. The standard InChI is InChI=1S/C12H20ClN3/c1-8(2)12(4,5)7-15-10-9(3)6-14-11(13)16-10/h6,8H,7H2,1-5H3,(H,14,15,16). The third-order valence-corrected chi connectivity index (χ3v) is 3.40. The van der Waals surface area contributed by atoms with E-state index in [0.717, 1.165) is 17.9 Å². The van der Waals surface area contributed by atoms with Gasteiger partial charge in [-0.3, -0.25) is 0 Å². The van der Waals surface area contributed by atoms with Gasteiger partial charge in [0.1, 0.15) is 5.82 Å². The van der Waals surface area contributed by atoms with E-state index in [9.17, 15) is 0 Å². The first-order chi connectivity index (χ1) is 7.33. The van der Waals surface area contributed by atoms with Crippen LogP contribution in [0.3, 0.4) is 0 Å². The molecule has 0 aromatic carbocycles. The van der Waals surface area contributed by atoms with E-state index in [0.29, 0.717) is 5.92 Å². The summed E-state index contributed by atoms with van der Waals surface area (Å²) in [5.41, 5.74) is 1.24. The van der Waals surface area contributed by atoms with Crippen molar-refractivity contribution in [2.45, 2.75) is 34.6 Å². The highest BCUT2D eigenvalue weighted by atomic mass is 35.5. The topological polar surface area (TPSA) is 37.8 Å². The average molecular weight is 242 g/mol. The van der Waals surface area contributed by atoms with E-state index in [1.54, 1.807) is 6.20 Å². The van der Waals surface area contributed by atoms with Crippen LogP contribution >= 0.6 is 11.6 Å². The molecule has 1 aromatic heterocycles. The second-order valence-corrected chi connectivity index (χ2v) is 5.51. The molecule has 1 N–H and O–H groups in total. The lowest BCUT2D eigenvalue weighted by Crippen LogP contribution is -2.29. The predicted molar refractivity (Wildman–Crippen MR) is 68.9 cm³/mol. The molecule has 0 aliphatic rings. The zero-order valence-electron chi connectivity index (χ0n) is 10.6. The molecule has 90 valence electrons. The van der Waals surface area contributed by atoms with E-state index in [4.69, 9.17) is 11.6 Å². The van der Waals surface area contributed by atoms with Crippen molar-refractivity contribution in [2.24, 2.45) is 11.3 Å². The Bertz CT molecular complexity index is 361. The van der Waals surface area contributed by atoms with Gasteiger partial charge in [0.25, 0.3) is 0 Å².